The maximum absolute atomic E-state index is 14.3. The zero-order valence-corrected chi connectivity index (χ0v) is 9.59. The van der Waals surface area contributed by atoms with E-state index in [9.17, 15) is 4.39 Å². The van der Waals surface area contributed by atoms with Gasteiger partial charge in [-0.1, -0.05) is 0 Å². The Morgan fingerprint density at radius 3 is 3.06 bits per heavy atom. The number of nitrogens with one attached hydrogen (secondary N) is 1. The predicted octanol–water partition coefficient (Wildman–Crippen LogP) is 1.64. The van der Waals surface area contributed by atoms with Gasteiger partial charge in [-0.3, -0.25) is 0 Å². The summed E-state index contributed by atoms with van der Waals surface area (Å²) >= 11 is 0. The van der Waals surface area contributed by atoms with Gasteiger partial charge in [0.05, 0.1) is 7.11 Å². The molecule has 92 valence electrons. The molecule has 0 amide bonds. The third-order valence-electron chi connectivity index (χ3n) is 3.29. The van der Waals surface area contributed by atoms with E-state index in [1.165, 1.54) is 7.11 Å². The molecule has 3 rings (SSSR count). The molecule has 1 saturated heterocycles. The van der Waals surface area contributed by atoms with Gasteiger partial charge in [-0.2, -0.15) is 0 Å². The van der Waals surface area contributed by atoms with Crippen LogP contribution in [-0.2, 0) is 0 Å². The van der Waals surface area contributed by atoms with Crippen molar-refractivity contribution in [2.75, 3.05) is 27.0 Å². The van der Waals surface area contributed by atoms with Crippen LogP contribution in [0.2, 0.25) is 0 Å². The molecule has 4 nitrogen and oxygen atoms in total. The summed E-state index contributed by atoms with van der Waals surface area (Å²) in [6.07, 6.45) is 0.903. The van der Waals surface area contributed by atoms with Gasteiger partial charge in [0.15, 0.2) is 23.1 Å². The summed E-state index contributed by atoms with van der Waals surface area (Å²) in [5.41, 5.74) is 0.585. The van der Waals surface area contributed by atoms with Crippen molar-refractivity contribution in [1.29, 1.82) is 0 Å². The van der Waals surface area contributed by atoms with Crippen LogP contribution in [0.25, 0.3) is 0 Å². The minimum absolute atomic E-state index is 0.126. The standard InChI is InChI=1S/C12H14FNO3/c1-15-8-4-9-12(17-6-16-9)10(11(8)13)7-2-3-14-5-7/h4,7,14H,2-3,5-6H2,1H3. The highest BCUT2D eigenvalue weighted by molar-refractivity contribution is 5.55. The molecule has 1 atom stereocenters. The number of hydrogen-bond acceptors (Lipinski definition) is 4. The smallest absolute Gasteiger partial charge is 0.231 e. The molecule has 0 radical (unpaired) electrons. The van der Waals surface area contributed by atoms with E-state index in [0.29, 0.717) is 17.1 Å². The van der Waals surface area contributed by atoms with E-state index in [2.05, 4.69) is 5.32 Å². The van der Waals surface area contributed by atoms with E-state index >= 15 is 0 Å². The SMILES string of the molecule is COc1cc2c(c(C3CCNC3)c1F)OCO2. The lowest BCUT2D eigenvalue weighted by Gasteiger charge is -2.15. The minimum Gasteiger partial charge on any atom is -0.494 e. The highest BCUT2D eigenvalue weighted by Gasteiger charge is 2.31. The molecular formula is C12H14FNO3. The minimum atomic E-state index is -0.328. The number of ether oxygens (including phenoxy) is 3. The fourth-order valence-corrected chi connectivity index (χ4v) is 2.44. The molecule has 1 fully saturated rings. The van der Waals surface area contributed by atoms with Gasteiger partial charge in [0.1, 0.15) is 0 Å². The second kappa shape index (κ2) is 4.07. The highest BCUT2D eigenvalue weighted by Crippen LogP contribution is 2.46. The quantitative estimate of drug-likeness (QED) is 0.851. The molecular weight excluding hydrogens is 225 g/mol. The Morgan fingerprint density at radius 1 is 1.47 bits per heavy atom. The van der Waals surface area contributed by atoms with Crippen LogP contribution in [0.1, 0.15) is 17.9 Å². The number of benzene rings is 1. The summed E-state index contributed by atoms with van der Waals surface area (Å²) < 4.78 is 30.0. The third-order valence-corrected chi connectivity index (χ3v) is 3.29. The van der Waals surface area contributed by atoms with Gasteiger partial charge >= 0.3 is 0 Å². The van der Waals surface area contributed by atoms with Gasteiger partial charge in [0, 0.05) is 24.1 Å². The Morgan fingerprint density at radius 2 is 2.35 bits per heavy atom. The maximum Gasteiger partial charge on any atom is 0.231 e. The first-order valence-electron chi connectivity index (χ1n) is 5.68. The van der Waals surface area contributed by atoms with Gasteiger partial charge < -0.3 is 19.5 Å². The van der Waals surface area contributed by atoms with E-state index in [4.69, 9.17) is 14.2 Å². The van der Waals surface area contributed by atoms with E-state index in [1.54, 1.807) is 6.07 Å². The van der Waals surface area contributed by atoms with Gasteiger partial charge in [-0.15, -0.1) is 0 Å². The molecule has 2 aliphatic heterocycles. The molecule has 1 N–H and O–H groups in total. The van der Waals surface area contributed by atoms with Crippen molar-refractivity contribution >= 4 is 0 Å². The lowest BCUT2D eigenvalue weighted by Crippen LogP contribution is -2.10. The summed E-state index contributed by atoms with van der Waals surface area (Å²) in [7, 11) is 1.46. The zero-order chi connectivity index (χ0) is 11.8. The van der Waals surface area contributed by atoms with Crippen molar-refractivity contribution in [3.63, 3.8) is 0 Å². The fourth-order valence-electron chi connectivity index (χ4n) is 2.44. The van der Waals surface area contributed by atoms with Crippen molar-refractivity contribution in [2.45, 2.75) is 12.3 Å². The Bertz CT molecular complexity index is 443. The van der Waals surface area contributed by atoms with Crippen LogP contribution < -0.4 is 19.5 Å². The van der Waals surface area contributed by atoms with Crippen molar-refractivity contribution in [3.05, 3.63) is 17.4 Å². The molecule has 0 bridgehead atoms. The number of fused-ring (bicyclic) bond motifs is 1. The lowest BCUT2D eigenvalue weighted by molar-refractivity contribution is 0.172. The molecule has 5 heteroatoms. The van der Waals surface area contributed by atoms with Gasteiger partial charge in [0.2, 0.25) is 6.79 Å². The second-order valence-electron chi connectivity index (χ2n) is 4.23. The number of methoxy groups -OCH3 is 1. The molecule has 2 aliphatic rings. The van der Waals surface area contributed by atoms with Crippen LogP contribution in [0, 0.1) is 5.82 Å². The third kappa shape index (κ3) is 1.61. The number of rotatable bonds is 2. The van der Waals surface area contributed by atoms with Crippen molar-refractivity contribution in [2.24, 2.45) is 0 Å². The van der Waals surface area contributed by atoms with E-state index in [0.717, 1.165) is 19.5 Å². The van der Waals surface area contributed by atoms with Crippen LogP contribution in [-0.4, -0.2) is 27.0 Å². The second-order valence-corrected chi connectivity index (χ2v) is 4.23. The average Bonchev–Trinajstić information content (AvgIpc) is 2.97. The maximum atomic E-state index is 14.3. The Labute approximate surface area is 98.7 Å². The van der Waals surface area contributed by atoms with Crippen LogP contribution in [0.4, 0.5) is 4.39 Å². The molecule has 1 aromatic carbocycles. The molecule has 0 spiro atoms. The van der Waals surface area contributed by atoms with Crippen molar-refractivity contribution in [1.82, 2.24) is 5.32 Å². The molecule has 0 aromatic heterocycles. The summed E-state index contributed by atoms with van der Waals surface area (Å²) in [4.78, 5) is 0. The average molecular weight is 239 g/mol. The largest absolute Gasteiger partial charge is 0.494 e. The molecule has 0 saturated carbocycles. The van der Waals surface area contributed by atoms with E-state index in [-0.39, 0.29) is 24.3 Å². The summed E-state index contributed by atoms with van der Waals surface area (Å²) in [6.45, 7) is 1.81. The highest BCUT2D eigenvalue weighted by atomic mass is 19.1. The summed E-state index contributed by atoms with van der Waals surface area (Å²) in [6, 6.07) is 1.55. The first-order chi connectivity index (χ1) is 8.31. The Kier molecular flexibility index (Phi) is 2.55. The van der Waals surface area contributed by atoms with Gasteiger partial charge in [-0.25, -0.2) is 4.39 Å². The first-order valence-corrected chi connectivity index (χ1v) is 5.68. The molecule has 2 heterocycles. The van der Waals surface area contributed by atoms with E-state index < -0.39 is 0 Å². The lowest BCUT2D eigenvalue weighted by atomic mass is 9.96. The fraction of sp³-hybridized carbons (Fsp3) is 0.500. The first kappa shape index (κ1) is 10.7. The molecule has 1 aromatic rings. The molecule has 0 aliphatic carbocycles. The Balaban J connectivity index is 2.13. The van der Waals surface area contributed by atoms with Crippen LogP contribution >= 0.6 is 0 Å². The predicted molar refractivity (Wildman–Crippen MR) is 59.3 cm³/mol. The van der Waals surface area contributed by atoms with Gasteiger partial charge in [-0.05, 0) is 13.0 Å². The number of halogens is 1. The van der Waals surface area contributed by atoms with Crippen LogP contribution in [0.15, 0.2) is 6.07 Å². The topological polar surface area (TPSA) is 39.7 Å². The van der Waals surface area contributed by atoms with Crippen molar-refractivity contribution in [3.8, 4) is 17.2 Å². The number of hydrogen-bond donors (Lipinski definition) is 1. The Hall–Kier alpha value is -1.49. The zero-order valence-electron chi connectivity index (χ0n) is 9.59. The van der Waals surface area contributed by atoms with Crippen LogP contribution in [0.3, 0.4) is 0 Å². The van der Waals surface area contributed by atoms with Gasteiger partial charge in [0.25, 0.3) is 0 Å². The summed E-state index contributed by atoms with van der Waals surface area (Å²) in [5, 5.41) is 3.22. The summed E-state index contributed by atoms with van der Waals surface area (Å²) in [5.74, 6) is 1.13. The molecule has 1 unspecified atom stereocenters. The molecule has 17 heavy (non-hydrogen) atoms. The monoisotopic (exact) mass is 239 g/mol. The van der Waals surface area contributed by atoms with E-state index in [1.807, 2.05) is 0 Å². The van der Waals surface area contributed by atoms with Crippen LogP contribution in [0.5, 0.6) is 17.2 Å². The van der Waals surface area contributed by atoms with Crippen molar-refractivity contribution < 1.29 is 18.6 Å². The normalized spacial score (nSPS) is 21.9.